The van der Waals surface area contributed by atoms with Gasteiger partial charge in [0.2, 0.25) is 5.91 Å². The van der Waals surface area contributed by atoms with Gasteiger partial charge in [-0.1, -0.05) is 48.2 Å². The number of ether oxygens (including phenoxy) is 1. The van der Waals surface area contributed by atoms with E-state index in [4.69, 9.17) is 4.74 Å². The summed E-state index contributed by atoms with van der Waals surface area (Å²) in [5.41, 5.74) is 3.38. The first-order chi connectivity index (χ1) is 16.7. The second kappa shape index (κ2) is 9.50. The van der Waals surface area contributed by atoms with Crippen LogP contribution in [0.3, 0.4) is 0 Å². The van der Waals surface area contributed by atoms with Crippen LogP contribution in [0.5, 0.6) is 0 Å². The van der Waals surface area contributed by atoms with Crippen LogP contribution in [-0.2, 0) is 9.53 Å². The van der Waals surface area contributed by atoms with Crippen LogP contribution in [0.1, 0.15) is 33.1 Å². The molecular weight excluding hydrogens is 426 g/mol. The molecule has 0 bridgehead atoms. The van der Waals surface area contributed by atoms with Gasteiger partial charge in [-0.2, -0.15) is 0 Å². The van der Waals surface area contributed by atoms with Crippen molar-refractivity contribution in [2.45, 2.75) is 18.0 Å². The van der Waals surface area contributed by atoms with Gasteiger partial charge in [-0.3, -0.25) is 14.6 Å². The third-order valence-electron chi connectivity index (χ3n) is 6.49. The fraction of sp³-hybridized carbons (Fsp3) is 0.250. The summed E-state index contributed by atoms with van der Waals surface area (Å²) in [6, 6.07) is 23.1. The zero-order valence-electron chi connectivity index (χ0n) is 18.9. The number of nitrogens with zero attached hydrogens (tertiary/aromatic N) is 3. The molecule has 2 aliphatic heterocycles. The minimum atomic E-state index is -0.214. The maximum atomic E-state index is 13.0. The summed E-state index contributed by atoms with van der Waals surface area (Å²) in [6.45, 7) is 0.991. The van der Waals surface area contributed by atoms with Crippen LogP contribution in [-0.4, -0.2) is 65.5 Å². The normalized spacial score (nSPS) is 21.2. The second-order valence-corrected chi connectivity index (χ2v) is 8.56. The predicted molar refractivity (Wildman–Crippen MR) is 128 cm³/mol. The molecule has 34 heavy (non-hydrogen) atoms. The minimum absolute atomic E-state index is 0.0455. The molecule has 0 radical (unpaired) electrons. The van der Waals surface area contributed by atoms with E-state index in [1.165, 1.54) is 0 Å². The number of rotatable bonds is 4. The Morgan fingerprint density at radius 2 is 1.71 bits per heavy atom. The number of fused-ring (bicyclic) bond motifs is 1. The summed E-state index contributed by atoms with van der Waals surface area (Å²) in [5, 5.41) is 0. The van der Waals surface area contributed by atoms with E-state index in [1.807, 2.05) is 47.4 Å². The molecule has 0 spiro atoms. The van der Waals surface area contributed by atoms with E-state index in [9.17, 15) is 9.59 Å². The molecule has 6 heteroatoms. The summed E-state index contributed by atoms with van der Waals surface area (Å²) in [4.78, 5) is 33.6. The first-order valence-corrected chi connectivity index (χ1v) is 11.3. The van der Waals surface area contributed by atoms with Crippen LogP contribution >= 0.6 is 0 Å². The first kappa shape index (κ1) is 21.9. The van der Waals surface area contributed by atoms with Crippen LogP contribution in [0.25, 0.3) is 0 Å². The molecule has 3 aromatic rings. The van der Waals surface area contributed by atoms with Crippen molar-refractivity contribution >= 4 is 11.8 Å². The fourth-order valence-corrected chi connectivity index (χ4v) is 4.91. The van der Waals surface area contributed by atoms with Crippen molar-refractivity contribution in [2.24, 2.45) is 0 Å². The summed E-state index contributed by atoms with van der Waals surface area (Å²) in [7, 11) is 1.65. The van der Waals surface area contributed by atoms with Gasteiger partial charge in [0.25, 0.3) is 5.91 Å². The lowest BCUT2D eigenvalue weighted by atomic mass is 9.73. The molecule has 2 aromatic carbocycles. The molecule has 1 aromatic heterocycles. The minimum Gasteiger partial charge on any atom is -0.383 e. The highest BCUT2D eigenvalue weighted by molar-refractivity contribution is 5.96. The summed E-state index contributed by atoms with van der Waals surface area (Å²) < 4.78 is 5.44. The van der Waals surface area contributed by atoms with Crippen LogP contribution < -0.4 is 0 Å². The number of carbonyl (C=O) groups is 2. The number of hydrogen-bond donors (Lipinski definition) is 0. The summed E-state index contributed by atoms with van der Waals surface area (Å²) >= 11 is 0. The van der Waals surface area contributed by atoms with Crippen molar-refractivity contribution in [1.29, 1.82) is 0 Å². The first-order valence-electron chi connectivity index (χ1n) is 11.3. The van der Waals surface area contributed by atoms with Crippen molar-refractivity contribution in [3.05, 3.63) is 101 Å². The quantitative estimate of drug-likeness (QED) is 0.573. The Bertz CT molecular complexity index is 1230. The molecule has 2 amide bonds. The van der Waals surface area contributed by atoms with E-state index in [0.29, 0.717) is 18.8 Å². The molecular formula is C28H25N3O3. The molecule has 0 N–H and O–H groups in total. The van der Waals surface area contributed by atoms with Gasteiger partial charge in [0.1, 0.15) is 12.2 Å². The highest BCUT2D eigenvalue weighted by Crippen LogP contribution is 2.43. The molecule has 0 saturated carbocycles. The maximum absolute atomic E-state index is 13.0. The number of methoxy groups -OCH3 is 1. The highest BCUT2D eigenvalue weighted by Gasteiger charge is 2.54. The van der Waals surface area contributed by atoms with E-state index in [-0.39, 0.29) is 36.4 Å². The lowest BCUT2D eigenvalue weighted by Gasteiger charge is -2.59. The number of pyridine rings is 1. The van der Waals surface area contributed by atoms with Gasteiger partial charge in [-0.25, -0.2) is 0 Å². The Hall–Kier alpha value is -3.95. The average Bonchev–Trinajstić information content (AvgIpc) is 2.87. The van der Waals surface area contributed by atoms with E-state index < -0.39 is 0 Å². The molecule has 3 atom stereocenters. The molecule has 5 rings (SSSR count). The molecule has 2 aliphatic rings. The molecule has 0 aliphatic carbocycles. The molecule has 2 saturated heterocycles. The third kappa shape index (κ3) is 4.18. The van der Waals surface area contributed by atoms with Crippen molar-refractivity contribution < 1.29 is 14.3 Å². The SMILES string of the molecule is COC[C@H]1[C@@H](c2ccc(C#Cc3ccccc3)cc2)[C@@H]2CN(C(=O)c3ccccn3)CC(=O)N12. The zero-order chi connectivity index (χ0) is 23.5. The van der Waals surface area contributed by atoms with E-state index in [0.717, 1.165) is 16.7 Å². The fourth-order valence-electron chi connectivity index (χ4n) is 4.91. The maximum Gasteiger partial charge on any atom is 0.272 e. The van der Waals surface area contributed by atoms with Gasteiger partial charge in [0.05, 0.1) is 18.7 Å². The Morgan fingerprint density at radius 1 is 1.00 bits per heavy atom. The molecule has 3 heterocycles. The van der Waals surface area contributed by atoms with Gasteiger partial charge < -0.3 is 14.5 Å². The van der Waals surface area contributed by atoms with Crippen LogP contribution in [0, 0.1) is 11.8 Å². The van der Waals surface area contributed by atoms with Crippen molar-refractivity contribution in [3.63, 3.8) is 0 Å². The van der Waals surface area contributed by atoms with Crippen molar-refractivity contribution in [2.75, 3.05) is 26.8 Å². The van der Waals surface area contributed by atoms with Gasteiger partial charge in [-0.05, 0) is 42.0 Å². The number of amides is 2. The third-order valence-corrected chi connectivity index (χ3v) is 6.49. The van der Waals surface area contributed by atoms with Crippen molar-refractivity contribution in [1.82, 2.24) is 14.8 Å². The molecule has 6 nitrogen and oxygen atoms in total. The lowest BCUT2D eigenvalue weighted by Crippen LogP contribution is -2.73. The largest absolute Gasteiger partial charge is 0.383 e. The van der Waals surface area contributed by atoms with E-state index in [2.05, 4.69) is 29.0 Å². The van der Waals surface area contributed by atoms with Crippen LogP contribution in [0.15, 0.2) is 79.0 Å². The van der Waals surface area contributed by atoms with Gasteiger partial charge in [-0.15, -0.1) is 0 Å². The molecule has 0 unspecified atom stereocenters. The summed E-state index contributed by atoms with van der Waals surface area (Å²) in [6.07, 6.45) is 1.59. The number of hydrogen-bond acceptors (Lipinski definition) is 4. The smallest absolute Gasteiger partial charge is 0.272 e. The topological polar surface area (TPSA) is 62.7 Å². The van der Waals surface area contributed by atoms with Gasteiger partial charge in [0.15, 0.2) is 0 Å². The Morgan fingerprint density at radius 3 is 2.38 bits per heavy atom. The summed E-state index contributed by atoms with van der Waals surface area (Å²) in [5.74, 6) is 6.20. The number of aromatic nitrogens is 1. The highest BCUT2D eigenvalue weighted by atomic mass is 16.5. The number of benzene rings is 2. The number of carbonyl (C=O) groups excluding carboxylic acids is 2. The lowest BCUT2D eigenvalue weighted by molar-refractivity contribution is -0.160. The monoisotopic (exact) mass is 451 g/mol. The predicted octanol–water partition coefficient (Wildman–Crippen LogP) is 2.95. The van der Waals surface area contributed by atoms with E-state index >= 15 is 0 Å². The van der Waals surface area contributed by atoms with Crippen molar-refractivity contribution in [3.8, 4) is 11.8 Å². The average molecular weight is 452 g/mol. The van der Waals surface area contributed by atoms with Crippen LogP contribution in [0.2, 0.25) is 0 Å². The number of piperazine rings is 1. The molecule has 170 valence electrons. The standard InChI is InChI=1S/C28H25N3O3/c1-34-19-25-27(22-14-12-21(13-15-22)11-10-20-7-3-2-4-8-20)24-17-30(18-26(32)31(24)25)28(33)23-9-5-6-16-29-23/h2-9,12-16,24-25,27H,17-19H2,1H3/t24-,25-,27-/m0/s1. The zero-order valence-corrected chi connectivity index (χ0v) is 18.9. The van der Waals surface area contributed by atoms with Crippen LogP contribution in [0.4, 0.5) is 0 Å². The van der Waals surface area contributed by atoms with Gasteiger partial charge in [0, 0.05) is 36.9 Å². The Kier molecular flexibility index (Phi) is 6.11. The Labute approximate surface area is 199 Å². The molecule has 2 fully saturated rings. The second-order valence-electron chi connectivity index (χ2n) is 8.56. The Balaban J connectivity index is 1.36. The van der Waals surface area contributed by atoms with E-state index in [1.54, 1.807) is 36.4 Å². The van der Waals surface area contributed by atoms with Gasteiger partial charge >= 0.3 is 0 Å².